The predicted molar refractivity (Wildman–Crippen MR) is 117 cm³/mol. The molecule has 0 spiro atoms. The van der Waals surface area contributed by atoms with Crippen molar-refractivity contribution in [2.45, 2.75) is 32.8 Å². The van der Waals surface area contributed by atoms with Gasteiger partial charge in [-0.3, -0.25) is 4.79 Å². The molecule has 0 aromatic heterocycles. The third-order valence-corrected chi connectivity index (χ3v) is 5.19. The van der Waals surface area contributed by atoms with E-state index in [9.17, 15) is 13.6 Å². The molecule has 1 unspecified atom stereocenters. The van der Waals surface area contributed by atoms with E-state index < -0.39 is 17.6 Å². The predicted octanol–water partition coefficient (Wildman–Crippen LogP) is 5.48. The number of hydrogen-bond donors (Lipinski definition) is 2. The molecule has 2 N–H and O–H groups in total. The van der Waals surface area contributed by atoms with Crippen molar-refractivity contribution in [1.29, 1.82) is 5.41 Å². The van der Waals surface area contributed by atoms with Crippen molar-refractivity contribution in [2.75, 3.05) is 6.61 Å². The number of rotatable bonds is 10. The quantitative estimate of drug-likeness (QED) is 0.479. The molecule has 0 aliphatic heterocycles. The molecule has 0 fully saturated rings. The van der Waals surface area contributed by atoms with Crippen molar-refractivity contribution in [3.05, 3.63) is 83.0 Å². The first-order valence-electron chi connectivity index (χ1n) is 10.3. The molecular formula is C25H25F2NO4. The minimum atomic E-state index is -1.08. The number of hydrogen-bond acceptors (Lipinski definition) is 4. The molecule has 168 valence electrons. The lowest BCUT2D eigenvalue weighted by atomic mass is 9.90. The number of allylic oxidation sites excluding steroid dienone is 3. The van der Waals surface area contributed by atoms with E-state index in [0.29, 0.717) is 17.4 Å². The maximum atomic E-state index is 14.2. The van der Waals surface area contributed by atoms with Gasteiger partial charge in [-0.1, -0.05) is 37.3 Å². The molecule has 0 heterocycles. The van der Waals surface area contributed by atoms with E-state index >= 15 is 0 Å². The van der Waals surface area contributed by atoms with E-state index in [-0.39, 0.29) is 37.4 Å². The van der Waals surface area contributed by atoms with Gasteiger partial charge in [-0.25, -0.2) is 8.78 Å². The highest BCUT2D eigenvalue weighted by Gasteiger charge is 2.15. The van der Waals surface area contributed by atoms with Crippen molar-refractivity contribution in [1.82, 2.24) is 0 Å². The molecule has 3 rings (SSSR count). The van der Waals surface area contributed by atoms with Crippen LogP contribution in [0.1, 0.15) is 30.9 Å². The molecule has 1 aliphatic rings. The van der Waals surface area contributed by atoms with Gasteiger partial charge in [-0.15, -0.1) is 0 Å². The molecule has 2 aromatic carbocycles. The van der Waals surface area contributed by atoms with Crippen LogP contribution < -0.4 is 9.47 Å². The summed E-state index contributed by atoms with van der Waals surface area (Å²) in [6.07, 6.45) is 6.52. The monoisotopic (exact) mass is 441 g/mol. The van der Waals surface area contributed by atoms with Crippen LogP contribution in [0.2, 0.25) is 0 Å². The minimum Gasteiger partial charge on any atom is -0.487 e. The second-order valence-electron chi connectivity index (χ2n) is 7.65. The first-order valence-corrected chi connectivity index (χ1v) is 10.3. The van der Waals surface area contributed by atoms with E-state index in [1.165, 1.54) is 0 Å². The second-order valence-corrected chi connectivity index (χ2v) is 7.65. The van der Waals surface area contributed by atoms with Crippen LogP contribution in [0, 0.1) is 23.0 Å². The van der Waals surface area contributed by atoms with Crippen LogP contribution in [0.3, 0.4) is 0 Å². The van der Waals surface area contributed by atoms with Crippen LogP contribution in [0.4, 0.5) is 8.78 Å². The van der Waals surface area contributed by atoms with Crippen LogP contribution >= 0.6 is 0 Å². The summed E-state index contributed by atoms with van der Waals surface area (Å²) in [4.78, 5) is 10.6. The number of aliphatic carboxylic acids is 1. The Morgan fingerprint density at radius 2 is 1.91 bits per heavy atom. The average molecular weight is 441 g/mol. The van der Waals surface area contributed by atoms with Gasteiger partial charge in [0.25, 0.3) is 0 Å². The summed E-state index contributed by atoms with van der Waals surface area (Å²) in [5, 5.41) is 16.9. The summed E-state index contributed by atoms with van der Waals surface area (Å²) < 4.78 is 39.4. The summed E-state index contributed by atoms with van der Waals surface area (Å²) in [5.74, 6) is -1.87. The highest BCUT2D eigenvalue weighted by molar-refractivity contribution is 5.99. The molecular weight excluding hydrogens is 416 g/mol. The Labute approximate surface area is 185 Å². The molecule has 1 aliphatic carbocycles. The number of carbonyl (C=O) groups is 1. The SMILES string of the molecule is CC1CC=CC=C1C(=N)COc1ccc(COc2cc(F)c(CCC(=O)O)cc2F)cc1. The van der Waals surface area contributed by atoms with Gasteiger partial charge in [0.2, 0.25) is 0 Å². The summed E-state index contributed by atoms with van der Waals surface area (Å²) in [6, 6.07) is 8.87. The van der Waals surface area contributed by atoms with E-state index in [2.05, 4.69) is 13.0 Å². The first-order chi connectivity index (χ1) is 15.3. The number of ether oxygens (including phenoxy) is 2. The highest BCUT2D eigenvalue weighted by Crippen LogP contribution is 2.24. The molecule has 5 nitrogen and oxygen atoms in total. The van der Waals surface area contributed by atoms with Crippen LogP contribution in [-0.2, 0) is 17.8 Å². The molecule has 0 bridgehead atoms. The Kier molecular flexibility index (Phi) is 7.76. The fourth-order valence-electron chi connectivity index (χ4n) is 3.34. The molecule has 0 amide bonds. The van der Waals surface area contributed by atoms with Crippen molar-refractivity contribution in [3.63, 3.8) is 0 Å². The molecule has 0 saturated carbocycles. The molecule has 32 heavy (non-hydrogen) atoms. The second kappa shape index (κ2) is 10.7. The largest absolute Gasteiger partial charge is 0.487 e. The van der Waals surface area contributed by atoms with Gasteiger partial charge in [-0.05, 0) is 53.7 Å². The fraction of sp³-hybridized carbons (Fsp3) is 0.280. The molecule has 0 radical (unpaired) electrons. The molecule has 7 heteroatoms. The number of halogens is 2. The van der Waals surface area contributed by atoms with Crippen LogP contribution in [0.25, 0.3) is 0 Å². The average Bonchev–Trinajstić information content (AvgIpc) is 2.77. The van der Waals surface area contributed by atoms with E-state index in [1.807, 2.05) is 12.2 Å². The van der Waals surface area contributed by atoms with Crippen molar-refractivity contribution >= 4 is 11.7 Å². The van der Waals surface area contributed by atoms with Crippen molar-refractivity contribution < 1.29 is 28.2 Å². The third-order valence-electron chi connectivity index (χ3n) is 5.19. The summed E-state index contributed by atoms with van der Waals surface area (Å²) in [7, 11) is 0. The number of carboxylic acid groups (broad SMARTS) is 1. The smallest absolute Gasteiger partial charge is 0.303 e. The van der Waals surface area contributed by atoms with Crippen LogP contribution in [0.5, 0.6) is 11.5 Å². The maximum absolute atomic E-state index is 14.2. The Morgan fingerprint density at radius 1 is 1.16 bits per heavy atom. The van der Waals surface area contributed by atoms with Gasteiger partial charge in [-0.2, -0.15) is 0 Å². The van der Waals surface area contributed by atoms with E-state index in [0.717, 1.165) is 29.7 Å². The summed E-state index contributed by atoms with van der Waals surface area (Å²) in [5.41, 5.74) is 2.15. The zero-order chi connectivity index (χ0) is 23.1. The van der Waals surface area contributed by atoms with Crippen molar-refractivity contribution in [3.8, 4) is 11.5 Å². The lowest BCUT2D eigenvalue weighted by Crippen LogP contribution is -2.18. The zero-order valence-electron chi connectivity index (χ0n) is 17.7. The topological polar surface area (TPSA) is 79.6 Å². The van der Waals surface area contributed by atoms with Crippen molar-refractivity contribution in [2.24, 2.45) is 5.92 Å². The van der Waals surface area contributed by atoms with E-state index in [4.69, 9.17) is 20.0 Å². The molecule has 0 saturated heterocycles. The molecule has 1 atom stereocenters. The number of carboxylic acids is 1. The van der Waals surface area contributed by atoms with Gasteiger partial charge >= 0.3 is 5.97 Å². The van der Waals surface area contributed by atoms with Gasteiger partial charge < -0.3 is 20.0 Å². The maximum Gasteiger partial charge on any atom is 0.303 e. The highest BCUT2D eigenvalue weighted by atomic mass is 19.1. The Morgan fingerprint density at radius 3 is 2.59 bits per heavy atom. The first kappa shape index (κ1) is 23.2. The normalized spacial score (nSPS) is 15.2. The number of nitrogens with one attached hydrogen (secondary N) is 1. The van der Waals surface area contributed by atoms with Gasteiger partial charge in [0.1, 0.15) is 24.8 Å². The van der Waals surface area contributed by atoms with Gasteiger partial charge in [0, 0.05) is 12.5 Å². The van der Waals surface area contributed by atoms with Gasteiger partial charge in [0.05, 0.1) is 5.71 Å². The fourth-order valence-corrected chi connectivity index (χ4v) is 3.34. The standard InChI is InChI=1S/C25H25F2NO4/c1-16-4-2-3-5-20(16)23(28)15-31-19-9-6-17(7-10-19)14-32-24-13-21(26)18(12-22(24)27)8-11-25(29)30/h2-3,5-7,9-10,12-13,16,28H,4,8,11,14-15H2,1H3,(H,29,30). The van der Waals surface area contributed by atoms with Crippen LogP contribution in [0.15, 0.2) is 60.2 Å². The Bertz CT molecular complexity index is 1040. The minimum absolute atomic E-state index is 0.00118. The lowest BCUT2D eigenvalue weighted by molar-refractivity contribution is -0.136. The summed E-state index contributed by atoms with van der Waals surface area (Å²) >= 11 is 0. The Hall–Kier alpha value is -3.48. The number of aryl methyl sites for hydroxylation is 1. The molecule has 2 aromatic rings. The summed E-state index contributed by atoms with van der Waals surface area (Å²) in [6.45, 7) is 2.27. The zero-order valence-corrected chi connectivity index (χ0v) is 17.7. The number of benzene rings is 2. The van der Waals surface area contributed by atoms with E-state index in [1.54, 1.807) is 24.3 Å². The van der Waals surface area contributed by atoms with Gasteiger partial charge in [0.15, 0.2) is 11.6 Å². The van der Waals surface area contributed by atoms with Crippen LogP contribution in [-0.4, -0.2) is 23.4 Å². The third kappa shape index (κ3) is 6.26. The lowest BCUT2D eigenvalue weighted by Gasteiger charge is -2.18. The Balaban J connectivity index is 1.53.